The third kappa shape index (κ3) is 4.92. The van der Waals surface area contributed by atoms with Crippen LogP contribution in [0.25, 0.3) is 0 Å². The highest BCUT2D eigenvalue weighted by molar-refractivity contribution is 5.67. The third-order valence-electron chi connectivity index (χ3n) is 1.58. The smallest absolute Gasteiger partial charge is 0.329 e. The summed E-state index contributed by atoms with van der Waals surface area (Å²) in [7, 11) is 0. The minimum absolute atomic E-state index is 0.273. The summed E-state index contributed by atoms with van der Waals surface area (Å²) in [4.78, 5) is 18.0. The van der Waals surface area contributed by atoms with E-state index in [1.807, 2.05) is 6.92 Å². The SMILES string of the molecule is Cc1cc(NCCOCC(=O)O)ncn1. The molecule has 0 unspecified atom stereocenters. The first-order valence-corrected chi connectivity index (χ1v) is 4.50. The van der Waals surface area contributed by atoms with E-state index in [9.17, 15) is 4.79 Å². The summed E-state index contributed by atoms with van der Waals surface area (Å²) in [6.45, 7) is 2.44. The van der Waals surface area contributed by atoms with Crippen molar-refractivity contribution in [1.29, 1.82) is 0 Å². The number of carboxylic acids is 1. The predicted octanol–water partition coefficient (Wildman–Crippen LogP) is 0.298. The average Bonchev–Trinajstić information content (AvgIpc) is 2.17. The highest BCUT2D eigenvalue weighted by Crippen LogP contribution is 2.01. The van der Waals surface area contributed by atoms with E-state index in [2.05, 4.69) is 15.3 Å². The molecule has 1 rings (SSSR count). The molecule has 2 N–H and O–H groups in total. The topological polar surface area (TPSA) is 84.3 Å². The zero-order valence-electron chi connectivity index (χ0n) is 8.43. The fraction of sp³-hybridized carbons (Fsp3) is 0.444. The number of hydrogen-bond donors (Lipinski definition) is 2. The van der Waals surface area contributed by atoms with E-state index in [4.69, 9.17) is 9.84 Å². The number of ether oxygens (including phenoxy) is 1. The summed E-state index contributed by atoms with van der Waals surface area (Å²) in [5.41, 5.74) is 0.874. The predicted molar refractivity (Wildman–Crippen MR) is 53.7 cm³/mol. The monoisotopic (exact) mass is 211 g/mol. The van der Waals surface area contributed by atoms with Crippen LogP contribution >= 0.6 is 0 Å². The van der Waals surface area contributed by atoms with Crippen molar-refractivity contribution < 1.29 is 14.6 Å². The largest absolute Gasteiger partial charge is 0.480 e. The molecule has 6 heteroatoms. The normalized spacial score (nSPS) is 9.93. The van der Waals surface area contributed by atoms with E-state index >= 15 is 0 Å². The van der Waals surface area contributed by atoms with Crippen LogP contribution in [0.5, 0.6) is 0 Å². The first-order chi connectivity index (χ1) is 7.18. The minimum atomic E-state index is -0.965. The number of aromatic nitrogens is 2. The Balaban J connectivity index is 2.17. The van der Waals surface area contributed by atoms with Crippen LogP contribution in [0.4, 0.5) is 5.82 Å². The second-order valence-corrected chi connectivity index (χ2v) is 2.92. The van der Waals surface area contributed by atoms with Gasteiger partial charge in [0, 0.05) is 18.3 Å². The zero-order valence-corrected chi connectivity index (χ0v) is 8.43. The fourth-order valence-electron chi connectivity index (χ4n) is 0.962. The van der Waals surface area contributed by atoms with Gasteiger partial charge in [0.05, 0.1) is 6.61 Å². The Morgan fingerprint density at radius 3 is 3.07 bits per heavy atom. The molecule has 6 nitrogen and oxygen atoms in total. The van der Waals surface area contributed by atoms with Crippen LogP contribution in [-0.2, 0) is 9.53 Å². The number of anilines is 1. The van der Waals surface area contributed by atoms with Gasteiger partial charge in [-0.25, -0.2) is 14.8 Å². The summed E-state index contributed by atoms with van der Waals surface area (Å²) in [5, 5.41) is 11.3. The van der Waals surface area contributed by atoms with Gasteiger partial charge < -0.3 is 15.2 Å². The molecule has 0 atom stereocenters. The fourth-order valence-corrected chi connectivity index (χ4v) is 0.962. The van der Waals surface area contributed by atoms with E-state index < -0.39 is 5.97 Å². The number of nitrogens with zero attached hydrogens (tertiary/aromatic N) is 2. The molecule has 0 saturated heterocycles. The van der Waals surface area contributed by atoms with E-state index in [0.29, 0.717) is 19.0 Å². The second-order valence-electron chi connectivity index (χ2n) is 2.92. The molecule has 0 amide bonds. The third-order valence-corrected chi connectivity index (χ3v) is 1.58. The van der Waals surface area contributed by atoms with Gasteiger partial charge >= 0.3 is 5.97 Å². The Bertz CT molecular complexity index is 330. The van der Waals surface area contributed by atoms with E-state index in [1.54, 1.807) is 6.07 Å². The molecule has 0 fully saturated rings. The molecular formula is C9H13N3O3. The van der Waals surface area contributed by atoms with Crippen LogP contribution in [0.1, 0.15) is 5.69 Å². The van der Waals surface area contributed by atoms with E-state index in [0.717, 1.165) is 5.69 Å². The van der Waals surface area contributed by atoms with Crippen LogP contribution in [-0.4, -0.2) is 40.8 Å². The summed E-state index contributed by atoms with van der Waals surface area (Å²) >= 11 is 0. The first kappa shape index (κ1) is 11.4. The molecule has 0 saturated carbocycles. The number of rotatable bonds is 6. The quantitative estimate of drug-likeness (QED) is 0.658. The Labute approximate surface area is 87.3 Å². The lowest BCUT2D eigenvalue weighted by Crippen LogP contribution is -2.14. The molecule has 1 aromatic heterocycles. The molecule has 0 aliphatic rings. The molecule has 0 aliphatic heterocycles. The van der Waals surface area contributed by atoms with Gasteiger partial charge in [0.25, 0.3) is 0 Å². The van der Waals surface area contributed by atoms with E-state index in [1.165, 1.54) is 6.33 Å². The molecule has 1 aromatic rings. The van der Waals surface area contributed by atoms with Gasteiger partial charge in [-0.2, -0.15) is 0 Å². The summed E-state index contributed by atoms with van der Waals surface area (Å²) < 4.78 is 4.84. The van der Waals surface area contributed by atoms with Crippen molar-refractivity contribution in [2.24, 2.45) is 0 Å². The molecule has 82 valence electrons. The maximum Gasteiger partial charge on any atom is 0.329 e. The number of carboxylic acid groups (broad SMARTS) is 1. The van der Waals surface area contributed by atoms with Crippen molar-refractivity contribution in [3.63, 3.8) is 0 Å². The second kappa shape index (κ2) is 5.92. The first-order valence-electron chi connectivity index (χ1n) is 4.50. The van der Waals surface area contributed by atoms with Crippen LogP contribution < -0.4 is 5.32 Å². The van der Waals surface area contributed by atoms with Crippen molar-refractivity contribution in [1.82, 2.24) is 9.97 Å². The van der Waals surface area contributed by atoms with Gasteiger partial charge in [-0.15, -0.1) is 0 Å². The van der Waals surface area contributed by atoms with Crippen LogP contribution in [0.2, 0.25) is 0 Å². The van der Waals surface area contributed by atoms with Crippen LogP contribution in [0, 0.1) is 6.92 Å². The number of aliphatic carboxylic acids is 1. The van der Waals surface area contributed by atoms with Crippen molar-refractivity contribution in [2.45, 2.75) is 6.92 Å². The summed E-state index contributed by atoms with van der Waals surface area (Å²) in [6.07, 6.45) is 1.47. The minimum Gasteiger partial charge on any atom is -0.480 e. The Morgan fingerprint density at radius 1 is 1.60 bits per heavy atom. The number of nitrogens with one attached hydrogen (secondary N) is 1. The van der Waals surface area contributed by atoms with Gasteiger partial charge in [0.2, 0.25) is 0 Å². The molecule has 0 spiro atoms. The van der Waals surface area contributed by atoms with Crippen molar-refractivity contribution in [3.8, 4) is 0 Å². The summed E-state index contributed by atoms with van der Waals surface area (Å²) in [6, 6.07) is 1.80. The lowest BCUT2D eigenvalue weighted by molar-refractivity contribution is -0.142. The number of carbonyl (C=O) groups is 1. The molecule has 0 bridgehead atoms. The standard InChI is InChI=1S/C9H13N3O3/c1-7-4-8(12-6-11-7)10-2-3-15-5-9(13)14/h4,6H,2-3,5H2,1H3,(H,13,14)(H,10,11,12). The maximum absolute atomic E-state index is 10.1. The van der Waals surface area contributed by atoms with Crippen molar-refractivity contribution in [3.05, 3.63) is 18.1 Å². The average molecular weight is 211 g/mol. The molecule has 0 radical (unpaired) electrons. The van der Waals surface area contributed by atoms with Crippen LogP contribution in [0.15, 0.2) is 12.4 Å². The zero-order chi connectivity index (χ0) is 11.1. The molecule has 1 heterocycles. The molecule has 0 aliphatic carbocycles. The Morgan fingerprint density at radius 2 is 2.40 bits per heavy atom. The van der Waals surface area contributed by atoms with E-state index in [-0.39, 0.29) is 6.61 Å². The summed E-state index contributed by atoms with van der Waals surface area (Å²) in [5.74, 6) is -0.255. The molecule has 0 aromatic carbocycles. The highest BCUT2D eigenvalue weighted by Gasteiger charge is 1.97. The maximum atomic E-state index is 10.1. The van der Waals surface area contributed by atoms with Gasteiger partial charge in [-0.1, -0.05) is 0 Å². The van der Waals surface area contributed by atoms with Crippen molar-refractivity contribution >= 4 is 11.8 Å². The van der Waals surface area contributed by atoms with Gasteiger partial charge in [-0.05, 0) is 6.92 Å². The Kier molecular flexibility index (Phi) is 4.49. The van der Waals surface area contributed by atoms with Crippen LogP contribution in [0.3, 0.4) is 0 Å². The van der Waals surface area contributed by atoms with Crippen molar-refractivity contribution in [2.75, 3.05) is 25.1 Å². The number of hydrogen-bond acceptors (Lipinski definition) is 5. The van der Waals surface area contributed by atoms with Gasteiger partial charge in [0.15, 0.2) is 0 Å². The molecule has 15 heavy (non-hydrogen) atoms. The lowest BCUT2D eigenvalue weighted by atomic mass is 10.4. The highest BCUT2D eigenvalue weighted by atomic mass is 16.5. The lowest BCUT2D eigenvalue weighted by Gasteiger charge is -2.05. The van der Waals surface area contributed by atoms with Gasteiger partial charge in [-0.3, -0.25) is 0 Å². The molecular weight excluding hydrogens is 198 g/mol. The Hall–Kier alpha value is -1.69. The number of aryl methyl sites for hydroxylation is 1. The van der Waals surface area contributed by atoms with Gasteiger partial charge in [0.1, 0.15) is 18.8 Å².